The number of phenols is 1. The van der Waals surface area contributed by atoms with Crippen molar-refractivity contribution in [1.82, 2.24) is 4.90 Å². The number of hydrogen-bond acceptors (Lipinski definition) is 5. The molecular formula is C22H27NO4. The fourth-order valence-corrected chi connectivity index (χ4v) is 6.79. The van der Waals surface area contributed by atoms with Crippen molar-refractivity contribution < 1.29 is 19.4 Å². The Morgan fingerprint density at radius 3 is 2.96 bits per heavy atom. The number of rotatable bonds is 4. The number of piperidine rings is 1. The largest absolute Gasteiger partial charge is 0.504 e. The number of likely N-dealkylation sites (tertiary alicyclic amines) is 1. The molecule has 0 radical (unpaired) electrons. The van der Waals surface area contributed by atoms with Crippen molar-refractivity contribution in [3.05, 3.63) is 23.3 Å². The molecule has 3 aliphatic carbocycles. The Morgan fingerprint density at radius 2 is 2.19 bits per heavy atom. The highest BCUT2D eigenvalue weighted by Gasteiger charge is 2.74. The lowest BCUT2D eigenvalue weighted by Crippen LogP contribution is -2.77. The van der Waals surface area contributed by atoms with Gasteiger partial charge in [0.1, 0.15) is 0 Å². The molecule has 0 amide bonds. The van der Waals surface area contributed by atoms with Crippen LogP contribution in [0.25, 0.3) is 0 Å². The molecule has 1 saturated heterocycles. The van der Waals surface area contributed by atoms with E-state index >= 15 is 0 Å². The Labute approximate surface area is 159 Å². The van der Waals surface area contributed by atoms with Gasteiger partial charge in [0, 0.05) is 31.2 Å². The van der Waals surface area contributed by atoms with E-state index in [2.05, 4.69) is 11.8 Å². The zero-order valence-corrected chi connectivity index (χ0v) is 15.9. The van der Waals surface area contributed by atoms with Gasteiger partial charge in [0.25, 0.3) is 0 Å². The van der Waals surface area contributed by atoms with Crippen LogP contribution in [0, 0.1) is 5.92 Å². The molecule has 1 aromatic rings. The van der Waals surface area contributed by atoms with Crippen molar-refractivity contribution in [2.24, 2.45) is 5.92 Å². The van der Waals surface area contributed by atoms with Crippen LogP contribution in [0.4, 0.5) is 0 Å². The molecule has 2 heterocycles. The lowest BCUT2D eigenvalue weighted by Gasteiger charge is -2.64. The number of ketones is 1. The van der Waals surface area contributed by atoms with E-state index in [0.717, 1.165) is 43.8 Å². The molecular weight excluding hydrogens is 342 g/mol. The Bertz CT molecular complexity index is 834. The van der Waals surface area contributed by atoms with Crippen molar-refractivity contribution in [1.29, 1.82) is 0 Å². The number of aromatic hydroxyl groups is 1. The van der Waals surface area contributed by atoms with E-state index in [-0.39, 0.29) is 23.2 Å². The molecule has 27 heavy (non-hydrogen) atoms. The van der Waals surface area contributed by atoms with E-state index in [1.807, 2.05) is 6.07 Å². The molecule has 0 unspecified atom stereocenters. The summed E-state index contributed by atoms with van der Waals surface area (Å²) in [6, 6.07) is 4.07. The summed E-state index contributed by atoms with van der Waals surface area (Å²) in [7, 11) is 0. The summed E-state index contributed by atoms with van der Waals surface area (Å²) in [6.45, 7) is 4.83. The quantitative estimate of drug-likeness (QED) is 0.884. The minimum atomic E-state index is -0.509. The van der Waals surface area contributed by atoms with E-state index in [4.69, 9.17) is 9.47 Å². The zero-order chi connectivity index (χ0) is 18.4. The molecule has 1 aromatic carbocycles. The van der Waals surface area contributed by atoms with Crippen LogP contribution >= 0.6 is 0 Å². The molecule has 144 valence electrons. The maximum absolute atomic E-state index is 13.0. The van der Waals surface area contributed by atoms with Crippen LogP contribution in [0.2, 0.25) is 0 Å². The van der Waals surface area contributed by atoms with Crippen LogP contribution in [0.1, 0.15) is 50.2 Å². The van der Waals surface area contributed by atoms with Crippen molar-refractivity contribution in [3.8, 4) is 11.5 Å². The van der Waals surface area contributed by atoms with Crippen molar-refractivity contribution in [2.45, 2.75) is 68.6 Å². The fourth-order valence-electron chi connectivity index (χ4n) is 6.79. The van der Waals surface area contributed by atoms with Crippen LogP contribution in [0.3, 0.4) is 0 Å². The minimum Gasteiger partial charge on any atom is -0.504 e. The normalized spacial score (nSPS) is 39.2. The number of ether oxygens (including phenoxy) is 2. The van der Waals surface area contributed by atoms with Gasteiger partial charge in [-0.05, 0) is 63.1 Å². The first-order valence-electron chi connectivity index (χ1n) is 10.5. The first kappa shape index (κ1) is 16.4. The summed E-state index contributed by atoms with van der Waals surface area (Å²) in [5, 5.41) is 10.5. The third-order valence-electron chi connectivity index (χ3n) is 7.92. The Morgan fingerprint density at radius 1 is 1.33 bits per heavy atom. The highest BCUT2D eigenvalue weighted by molar-refractivity contribution is 5.90. The number of Topliss-reactive ketones (excluding diaryl/α,β-unsaturated/α-hetero) is 1. The number of carbonyl (C=O) groups excluding carboxylic acids is 1. The third kappa shape index (κ3) is 1.85. The highest BCUT2D eigenvalue weighted by Crippen LogP contribution is 2.66. The number of phenolic OH excluding ortho intramolecular Hbond substituents is 1. The molecule has 1 N–H and O–H groups in total. The van der Waals surface area contributed by atoms with E-state index < -0.39 is 11.5 Å². The van der Waals surface area contributed by atoms with Crippen LogP contribution in [0.15, 0.2) is 12.1 Å². The average Bonchev–Trinajstić information content (AvgIpc) is 3.39. The van der Waals surface area contributed by atoms with Crippen LogP contribution in [-0.2, 0) is 21.4 Å². The van der Waals surface area contributed by atoms with Crippen molar-refractivity contribution >= 4 is 5.78 Å². The predicted octanol–water partition coefficient (Wildman–Crippen LogP) is 2.57. The Kier molecular flexibility index (Phi) is 3.19. The fraction of sp³-hybridized carbons (Fsp3) is 0.682. The monoisotopic (exact) mass is 369 g/mol. The van der Waals surface area contributed by atoms with Gasteiger partial charge in [0.2, 0.25) is 0 Å². The topological polar surface area (TPSA) is 59.0 Å². The number of benzene rings is 1. The van der Waals surface area contributed by atoms with Gasteiger partial charge in [-0.1, -0.05) is 6.07 Å². The second-order valence-electron chi connectivity index (χ2n) is 9.11. The molecule has 0 aromatic heterocycles. The molecule has 1 spiro atoms. The van der Waals surface area contributed by atoms with E-state index in [1.165, 1.54) is 18.4 Å². The smallest absolute Gasteiger partial charge is 0.174 e. The zero-order valence-electron chi connectivity index (χ0n) is 15.9. The second-order valence-corrected chi connectivity index (χ2v) is 9.11. The second kappa shape index (κ2) is 5.26. The van der Waals surface area contributed by atoms with Gasteiger partial charge in [-0.3, -0.25) is 9.69 Å². The van der Waals surface area contributed by atoms with Gasteiger partial charge < -0.3 is 14.6 Å². The van der Waals surface area contributed by atoms with Gasteiger partial charge in [0.05, 0.1) is 11.0 Å². The van der Waals surface area contributed by atoms with Crippen LogP contribution < -0.4 is 4.74 Å². The maximum atomic E-state index is 13.0. The molecule has 5 nitrogen and oxygen atoms in total. The molecule has 2 bridgehead atoms. The summed E-state index contributed by atoms with van der Waals surface area (Å²) < 4.78 is 12.9. The first-order chi connectivity index (χ1) is 13.1. The minimum absolute atomic E-state index is 0.162. The van der Waals surface area contributed by atoms with Crippen molar-refractivity contribution in [2.75, 3.05) is 19.7 Å². The van der Waals surface area contributed by atoms with Crippen molar-refractivity contribution in [3.63, 3.8) is 0 Å². The van der Waals surface area contributed by atoms with Crippen LogP contribution in [-0.4, -0.2) is 53.2 Å². The molecule has 2 saturated carbocycles. The molecule has 5 heteroatoms. The van der Waals surface area contributed by atoms with Gasteiger partial charge >= 0.3 is 0 Å². The van der Waals surface area contributed by atoms with Gasteiger partial charge in [-0.15, -0.1) is 0 Å². The highest BCUT2D eigenvalue weighted by atomic mass is 16.5. The number of carbonyl (C=O) groups is 1. The summed E-state index contributed by atoms with van der Waals surface area (Å²) in [6.07, 6.45) is 5.23. The maximum Gasteiger partial charge on any atom is 0.174 e. The summed E-state index contributed by atoms with van der Waals surface area (Å²) in [5.74, 6) is 1.71. The molecule has 3 fully saturated rings. The summed E-state index contributed by atoms with van der Waals surface area (Å²) in [5.41, 5.74) is 1.49. The van der Waals surface area contributed by atoms with E-state index in [9.17, 15) is 9.90 Å². The first-order valence-corrected chi connectivity index (χ1v) is 10.5. The molecule has 2 aliphatic heterocycles. The Hall–Kier alpha value is -1.59. The molecule has 4 atom stereocenters. The van der Waals surface area contributed by atoms with Gasteiger partial charge in [-0.2, -0.15) is 0 Å². The standard InChI is InChI=1S/C22H27NO4/c1-2-26-22-8-7-16(25)20-21(22)9-10-23(12-13-3-4-13)17(22)11-14-5-6-15(24)19(27-20)18(14)21/h5-6,13,17,20,24H,2-4,7-12H2,1H3/t17-,20+,21+,22-/m1/s1. The summed E-state index contributed by atoms with van der Waals surface area (Å²) in [4.78, 5) is 15.6. The SMILES string of the molecule is CCO[C@@]12CCC(=O)[C@@H]3Oc4c(O)ccc5c4[C@@]31CCN(CC1CC1)[C@@H]2C5. The third-order valence-corrected chi connectivity index (χ3v) is 7.92. The van der Waals surface area contributed by atoms with Crippen LogP contribution in [0.5, 0.6) is 11.5 Å². The molecule has 5 aliphatic rings. The van der Waals surface area contributed by atoms with E-state index in [1.54, 1.807) is 6.07 Å². The Balaban J connectivity index is 1.59. The summed E-state index contributed by atoms with van der Waals surface area (Å²) >= 11 is 0. The molecule has 6 rings (SSSR count). The lowest BCUT2D eigenvalue weighted by molar-refractivity contribution is -0.211. The lowest BCUT2D eigenvalue weighted by atomic mass is 9.48. The van der Waals surface area contributed by atoms with Gasteiger partial charge in [-0.25, -0.2) is 0 Å². The number of hydrogen-bond donors (Lipinski definition) is 1. The predicted molar refractivity (Wildman–Crippen MR) is 99.2 cm³/mol. The average molecular weight is 369 g/mol. The number of nitrogens with zero attached hydrogens (tertiary/aromatic N) is 1. The van der Waals surface area contributed by atoms with E-state index in [0.29, 0.717) is 18.8 Å². The van der Waals surface area contributed by atoms with Gasteiger partial charge in [0.15, 0.2) is 23.4 Å².